The Labute approximate surface area is 63.7 Å². The monoisotopic (exact) mass is 139 g/mol. The Morgan fingerprint density at radius 2 is 1.80 bits per heavy atom. The number of hydrogen-bond donors (Lipinski definition) is 0. The van der Waals surface area contributed by atoms with Crippen LogP contribution in [-0.2, 0) is 0 Å². The smallest absolute Gasteiger partial charge is 0.00555 e. The number of rotatable bonds is 2. The minimum atomic E-state index is 0.877. The predicted molar refractivity (Wildman–Crippen MR) is 44.8 cm³/mol. The highest BCUT2D eigenvalue weighted by atomic mass is 15.0. The zero-order chi connectivity index (χ0) is 7.40. The molecular weight excluding hydrogens is 122 g/mol. The van der Waals surface area contributed by atoms with Crippen molar-refractivity contribution in [3.63, 3.8) is 0 Å². The average Bonchev–Trinajstić information content (AvgIpc) is 2.34. The second-order valence-electron chi connectivity index (χ2n) is 3.35. The third-order valence-electron chi connectivity index (χ3n) is 2.06. The molecule has 0 aliphatic heterocycles. The van der Waals surface area contributed by atoms with Gasteiger partial charge in [0.05, 0.1) is 0 Å². The molecule has 0 N–H and O–H groups in total. The fourth-order valence-electron chi connectivity index (χ4n) is 1.44. The summed E-state index contributed by atoms with van der Waals surface area (Å²) in [6.45, 7) is 0. The van der Waals surface area contributed by atoms with Crippen molar-refractivity contribution in [2.24, 2.45) is 5.92 Å². The van der Waals surface area contributed by atoms with Gasteiger partial charge in [0.15, 0.2) is 0 Å². The first-order valence-corrected chi connectivity index (χ1v) is 4.14. The van der Waals surface area contributed by atoms with Gasteiger partial charge >= 0.3 is 0 Å². The van der Waals surface area contributed by atoms with E-state index in [1.54, 1.807) is 0 Å². The first kappa shape index (κ1) is 7.64. The van der Waals surface area contributed by atoms with Crippen LogP contribution in [0.15, 0.2) is 12.3 Å². The summed E-state index contributed by atoms with van der Waals surface area (Å²) >= 11 is 0. The van der Waals surface area contributed by atoms with Gasteiger partial charge in [-0.3, -0.25) is 0 Å². The molecule has 0 atom stereocenters. The summed E-state index contributed by atoms with van der Waals surface area (Å²) in [5.74, 6) is 0.877. The average molecular weight is 139 g/mol. The Morgan fingerprint density at radius 1 is 1.20 bits per heavy atom. The Bertz CT molecular complexity index is 110. The SMILES string of the molecule is CN(C)/C=C/C1CCCC1. The molecule has 1 fully saturated rings. The lowest BCUT2D eigenvalue weighted by Gasteiger charge is -2.05. The van der Waals surface area contributed by atoms with Gasteiger partial charge in [0.25, 0.3) is 0 Å². The molecule has 0 saturated heterocycles. The molecule has 0 aromatic carbocycles. The van der Waals surface area contributed by atoms with E-state index in [1.165, 1.54) is 25.7 Å². The van der Waals surface area contributed by atoms with Gasteiger partial charge in [0.1, 0.15) is 0 Å². The Hall–Kier alpha value is -0.460. The summed E-state index contributed by atoms with van der Waals surface area (Å²) in [6.07, 6.45) is 10.2. The van der Waals surface area contributed by atoms with Crippen LogP contribution in [0.2, 0.25) is 0 Å². The maximum atomic E-state index is 2.34. The van der Waals surface area contributed by atoms with Gasteiger partial charge in [-0.05, 0) is 25.0 Å². The molecule has 1 aliphatic rings. The van der Waals surface area contributed by atoms with Gasteiger partial charge in [-0.15, -0.1) is 0 Å². The summed E-state index contributed by atoms with van der Waals surface area (Å²) in [5.41, 5.74) is 0. The normalized spacial score (nSPS) is 20.6. The summed E-state index contributed by atoms with van der Waals surface area (Å²) in [5, 5.41) is 0. The molecule has 1 nitrogen and oxygen atoms in total. The van der Waals surface area contributed by atoms with Gasteiger partial charge in [-0.25, -0.2) is 0 Å². The van der Waals surface area contributed by atoms with Crippen molar-refractivity contribution >= 4 is 0 Å². The van der Waals surface area contributed by atoms with E-state index in [9.17, 15) is 0 Å². The van der Waals surface area contributed by atoms with Crippen molar-refractivity contribution in [3.8, 4) is 0 Å². The van der Waals surface area contributed by atoms with E-state index in [-0.39, 0.29) is 0 Å². The van der Waals surface area contributed by atoms with Crippen molar-refractivity contribution < 1.29 is 0 Å². The van der Waals surface area contributed by atoms with Gasteiger partial charge in [0.2, 0.25) is 0 Å². The molecule has 1 heteroatoms. The second-order valence-corrected chi connectivity index (χ2v) is 3.35. The number of allylic oxidation sites excluding steroid dienone is 1. The largest absolute Gasteiger partial charge is 0.384 e. The van der Waals surface area contributed by atoms with E-state index < -0.39 is 0 Å². The van der Waals surface area contributed by atoms with Crippen LogP contribution in [0.5, 0.6) is 0 Å². The number of hydrogen-bond acceptors (Lipinski definition) is 1. The molecule has 0 heterocycles. The molecule has 1 rings (SSSR count). The summed E-state index contributed by atoms with van der Waals surface area (Å²) in [4.78, 5) is 2.11. The van der Waals surface area contributed by atoms with E-state index in [0.29, 0.717) is 0 Å². The molecular formula is C9H17N. The number of nitrogens with zero attached hydrogens (tertiary/aromatic N) is 1. The topological polar surface area (TPSA) is 3.24 Å². The van der Waals surface area contributed by atoms with Crippen LogP contribution in [0, 0.1) is 5.92 Å². The van der Waals surface area contributed by atoms with Gasteiger partial charge in [-0.2, -0.15) is 0 Å². The lowest BCUT2D eigenvalue weighted by atomic mass is 10.1. The molecule has 0 unspecified atom stereocenters. The van der Waals surface area contributed by atoms with Crippen LogP contribution in [0.25, 0.3) is 0 Å². The van der Waals surface area contributed by atoms with Gasteiger partial charge in [0, 0.05) is 14.1 Å². The first-order valence-electron chi connectivity index (χ1n) is 4.14. The van der Waals surface area contributed by atoms with E-state index in [1.807, 2.05) is 0 Å². The fraction of sp³-hybridized carbons (Fsp3) is 0.778. The molecule has 0 bridgehead atoms. The lowest BCUT2D eigenvalue weighted by Crippen LogP contribution is -2.01. The maximum absolute atomic E-state index is 2.34. The Kier molecular flexibility index (Phi) is 2.79. The van der Waals surface area contributed by atoms with Gasteiger partial charge in [-0.1, -0.05) is 18.9 Å². The highest BCUT2D eigenvalue weighted by Gasteiger charge is 2.10. The van der Waals surface area contributed by atoms with Crippen molar-refractivity contribution in [1.82, 2.24) is 4.90 Å². The molecule has 0 radical (unpaired) electrons. The minimum Gasteiger partial charge on any atom is -0.384 e. The third kappa shape index (κ3) is 2.42. The Balaban J connectivity index is 2.23. The molecule has 1 aliphatic carbocycles. The third-order valence-corrected chi connectivity index (χ3v) is 2.06. The summed E-state index contributed by atoms with van der Waals surface area (Å²) in [6, 6.07) is 0. The first-order chi connectivity index (χ1) is 4.79. The Morgan fingerprint density at radius 3 is 2.30 bits per heavy atom. The van der Waals surface area contributed by atoms with E-state index in [2.05, 4.69) is 31.3 Å². The molecule has 0 amide bonds. The fourth-order valence-corrected chi connectivity index (χ4v) is 1.44. The zero-order valence-corrected chi connectivity index (χ0v) is 7.01. The van der Waals surface area contributed by atoms with Crippen LogP contribution >= 0.6 is 0 Å². The summed E-state index contributed by atoms with van der Waals surface area (Å²) < 4.78 is 0. The van der Waals surface area contributed by atoms with E-state index in [0.717, 1.165) is 5.92 Å². The van der Waals surface area contributed by atoms with Crippen molar-refractivity contribution in [3.05, 3.63) is 12.3 Å². The molecule has 58 valence electrons. The highest BCUT2D eigenvalue weighted by molar-refractivity contribution is 4.89. The molecule has 0 aromatic rings. The van der Waals surface area contributed by atoms with E-state index >= 15 is 0 Å². The predicted octanol–water partition coefficient (Wildman–Crippen LogP) is 2.25. The van der Waals surface area contributed by atoms with Crippen LogP contribution in [0.4, 0.5) is 0 Å². The highest BCUT2D eigenvalue weighted by Crippen LogP contribution is 2.25. The second kappa shape index (κ2) is 3.65. The lowest BCUT2D eigenvalue weighted by molar-refractivity contribution is 0.550. The van der Waals surface area contributed by atoms with Crippen LogP contribution in [0.1, 0.15) is 25.7 Å². The molecule has 0 aromatic heterocycles. The minimum absolute atomic E-state index is 0.877. The van der Waals surface area contributed by atoms with Crippen LogP contribution in [0.3, 0.4) is 0 Å². The van der Waals surface area contributed by atoms with Gasteiger partial charge < -0.3 is 4.90 Å². The quantitative estimate of drug-likeness (QED) is 0.567. The zero-order valence-electron chi connectivity index (χ0n) is 7.01. The van der Waals surface area contributed by atoms with Crippen molar-refractivity contribution in [2.45, 2.75) is 25.7 Å². The maximum Gasteiger partial charge on any atom is 0.00555 e. The summed E-state index contributed by atoms with van der Waals surface area (Å²) in [7, 11) is 4.15. The van der Waals surface area contributed by atoms with Crippen LogP contribution < -0.4 is 0 Å². The molecule has 1 saturated carbocycles. The van der Waals surface area contributed by atoms with Crippen LogP contribution in [-0.4, -0.2) is 19.0 Å². The van der Waals surface area contributed by atoms with Crippen molar-refractivity contribution in [1.29, 1.82) is 0 Å². The molecule has 0 spiro atoms. The van der Waals surface area contributed by atoms with Crippen molar-refractivity contribution in [2.75, 3.05) is 14.1 Å². The molecule has 10 heavy (non-hydrogen) atoms. The van der Waals surface area contributed by atoms with E-state index in [4.69, 9.17) is 0 Å². The standard InChI is InChI=1S/C9H17N/c1-10(2)8-7-9-5-3-4-6-9/h7-9H,3-6H2,1-2H3/b8-7+.